The normalized spacial score (nSPS) is 15.2. The minimum Gasteiger partial charge on any atom is -0.493 e. The number of amides is 1. The van der Waals surface area contributed by atoms with E-state index in [0.29, 0.717) is 11.6 Å². The Hall–Kier alpha value is -2.28. The number of hydrogen-bond acceptors (Lipinski definition) is 5. The topological polar surface area (TPSA) is 54.0 Å². The molecule has 6 nitrogen and oxygen atoms in total. The summed E-state index contributed by atoms with van der Waals surface area (Å²) in [7, 11) is 3.31. The van der Waals surface area contributed by atoms with Crippen LogP contribution in [0.1, 0.15) is 11.1 Å². The van der Waals surface area contributed by atoms with Crippen molar-refractivity contribution in [3.8, 4) is 11.5 Å². The summed E-state index contributed by atoms with van der Waals surface area (Å²) in [6.07, 6.45) is 0. The molecule has 2 aromatic rings. The van der Waals surface area contributed by atoms with Gasteiger partial charge in [-0.2, -0.15) is 0 Å². The molecule has 0 atom stereocenters. The van der Waals surface area contributed by atoms with Crippen LogP contribution in [0.4, 0.5) is 5.69 Å². The number of ether oxygens (including phenoxy) is 2. The number of hydrogen-bond donors (Lipinski definition) is 1. The number of piperazine rings is 1. The molecule has 1 N–H and O–H groups in total. The Bertz CT molecular complexity index is 834. The Kier molecular flexibility index (Phi) is 7.36. The Morgan fingerprint density at radius 1 is 1.00 bits per heavy atom. The van der Waals surface area contributed by atoms with Gasteiger partial charge in [0.25, 0.3) is 0 Å². The van der Waals surface area contributed by atoms with Gasteiger partial charge in [0, 0.05) is 43.4 Å². The monoisotopic (exact) mass is 417 g/mol. The lowest BCUT2D eigenvalue weighted by Crippen LogP contribution is -2.48. The second-order valence-electron chi connectivity index (χ2n) is 7.24. The molecule has 1 aliphatic rings. The van der Waals surface area contributed by atoms with Crippen molar-refractivity contribution in [2.75, 3.05) is 52.3 Å². The van der Waals surface area contributed by atoms with Crippen LogP contribution in [0.5, 0.6) is 11.5 Å². The molecule has 1 saturated heterocycles. The second-order valence-corrected chi connectivity index (χ2v) is 7.68. The zero-order valence-electron chi connectivity index (χ0n) is 17.2. The molecule has 29 heavy (non-hydrogen) atoms. The number of nitrogens with zero attached hydrogens (tertiary/aromatic N) is 2. The van der Waals surface area contributed by atoms with Crippen LogP contribution in [0, 0.1) is 6.92 Å². The minimum atomic E-state index is -0.00323. The van der Waals surface area contributed by atoms with Crippen molar-refractivity contribution in [2.45, 2.75) is 13.5 Å². The molecule has 0 unspecified atom stereocenters. The molecule has 0 bridgehead atoms. The van der Waals surface area contributed by atoms with Crippen molar-refractivity contribution in [3.63, 3.8) is 0 Å². The minimum absolute atomic E-state index is 0.00323. The number of methoxy groups -OCH3 is 2. The number of benzene rings is 2. The summed E-state index contributed by atoms with van der Waals surface area (Å²) in [6.45, 7) is 6.91. The lowest BCUT2D eigenvalue weighted by molar-refractivity contribution is -0.117. The van der Waals surface area contributed by atoms with E-state index >= 15 is 0 Å². The average molecular weight is 418 g/mol. The van der Waals surface area contributed by atoms with Crippen molar-refractivity contribution in [2.24, 2.45) is 0 Å². The summed E-state index contributed by atoms with van der Waals surface area (Å²) in [5.74, 6) is 1.51. The fourth-order valence-electron chi connectivity index (χ4n) is 3.48. The Morgan fingerprint density at radius 2 is 1.59 bits per heavy atom. The Balaban J connectivity index is 1.49. The standard InChI is InChI=1S/C22H28ClN3O3/c1-16-12-20(28-2)21(29-3)13-17(16)14-25-8-10-26(11-9-25)15-22(27)24-19-6-4-18(23)5-7-19/h4-7,12-13H,8-11,14-15H2,1-3H3,(H,24,27). The van der Waals surface area contributed by atoms with Crippen LogP contribution >= 0.6 is 11.6 Å². The molecule has 0 aromatic heterocycles. The number of halogens is 1. The van der Waals surface area contributed by atoms with Crippen molar-refractivity contribution >= 4 is 23.2 Å². The van der Waals surface area contributed by atoms with Gasteiger partial charge in [0.05, 0.1) is 20.8 Å². The van der Waals surface area contributed by atoms with Crippen LogP contribution in [0.2, 0.25) is 5.02 Å². The maximum absolute atomic E-state index is 12.3. The van der Waals surface area contributed by atoms with E-state index in [4.69, 9.17) is 21.1 Å². The third kappa shape index (κ3) is 5.85. The first kappa shape index (κ1) is 21.4. The van der Waals surface area contributed by atoms with Crippen molar-refractivity contribution in [1.29, 1.82) is 0 Å². The third-order valence-electron chi connectivity index (χ3n) is 5.20. The molecule has 7 heteroatoms. The van der Waals surface area contributed by atoms with E-state index in [2.05, 4.69) is 28.1 Å². The quantitative estimate of drug-likeness (QED) is 0.748. The van der Waals surface area contributed by atoms with Gasteiger partial charge < -0.3 is 14.8 Å². The highest BCUT2D eigenvalue weighted by molar-refractivity contribution is 6.30. The summed E-state index contributed by atoms with van der Waals surface area (Å²) in [5, 5.41) is 3.58. The highest BCUT2D eigenvalue weighted by Crippen LogP contribution is 2.31. The molecule has 1 amide bonds. The van der Waals surface area contributed by atoms with Gasteiger partial charge in [0.1, 0.15) is 0 Å². The Labute approximate surface area is 177 Å². The van der Waals surface area contributed by atoms with Gasteiger partial charge in [-0.15, -0.1) is 0 Å². The Morgan fingerprint density at radius 3 is 2.21 bits per heavy atom. The molecule has 1 aliphatic heterocycles. The molecule has 156 valence electrons. The number of aryl methyl sites for hydroxylation is 1. The predicted molar refractivity (Wildman–Crippen MR) is 116 cm³/mol. The predicted octanol–water partition coefficient (Wildman–Crippen LogP) is 3.42. The summed E-state index contributed by atoms with van der Waals surface area (Å²) < 4.78 is 10.8. The van der Waals surface area contributed by atoms with E-state index in [0.717, 1.165) is 49.9 Å². The first-order valence-corrected chi connectivity index (χ1v) is 10.1. The van der Waals surface area contributed by atoms with Gasteiger partial charge in [-0.1, -0.05) is 11.6 Å². The molecule has 3 rings (SSSR count). The lowest BCUT2D eigenvalue weighted by atomic mass is 10.1. The zero-order chi connectivity index (χ0) is 20.8. The molecule has 0 radical (unpaired) electrons. The second kappa shape index (κ2) is 9.96. The van der Waals surface area contributed by atoms with Crippen molar-refractivity contribution in [3.05, 3.63) is 52.5 Å². The lowest BCUT2D eigenvalue weighted by Gasteiger charge is -2.34. The van der Waals surface area contributed by atoms with Gasteiger partial charge in [0.2, 0.25) is 5.91 Å². The molecule has 0 saturated carbocycles. The highest BCUT2D eigenvalue weighted by Gasteiger charge is 2.20. The number of carbonyl (C=O) groups excluding carboxylic acids is 1. The van der Waals surface area contributed by atoms with Crippen molar-refractivity contribution < 1.29 is 14.3 Å². The van der Waals surface area contributed by atoms with Crippen LogP contribution in [-0.2, 0) is 11.3 Å². The molecular weight excluding hydrogens is 390 g/mol. The number of carbonyl (C=O) groups is 1. The SMILES string of the molecule is COc1cc(C)c(CN2CCN(CC(=O)Nc3ccc(Cl)cc3)CC2)cc1OC. The van der Waals surface area contributed by atoms with E-state index in [1.165, 1.54) is 11.1 Å². The van der Waals surface area contributed by atoms with Crippen LogP contribution in [0.15, 0.2) is 36.4 Å². The summed E-state index contributed by atoms with van der Waals surface area (Å²) in [4.78, 5) is 16.9. The van der Waals surface area contributed by atoms with Crippen LogP contribution in [0.25, 0.3) is 0 Å². The molecule has 1 heterocycles. The fraction of sp³-hybridized carbons (Fsp3) is 0.409. The summed E-state index contributed by atoms with van der Waals surface area (Å²) in [6, 6.07) is 11.2. The molecule has 1 fully saturated rings. The molecular formula is C22H28ClN3O3. The number of anilines is 1. The largest absolute Gasteiger partial charge is 0.493 e. The van der Waals surface area contributed by atoms with Gasteiger partial charge in [-0.25, -0.2) is 0 Å². The maximum atomic E-state index is 12.3. The van der Waals surface area contributed by atoms with Crippen LogP contribution in [0.3, 0.4) is 0 Å². The van der Waals surface area contributed by atoms with E-state index in [-0.39, 0.29) is 5.91 Å². The summed E-state index contributed by atoms with van der Waals surface area (Å²) >= 11 is 5.88. The van der Waals surface area contributed by atoms with Gasteiger partial charge in [-0.05, 0) is 54.4 Å². The smallest absolute Gasteiger partial charge is 0.238 e. The van der Waals surface area contributed by atoms with Gasteiger partial charge in [-0.3, -0.25) is 14.6 Å². The molecule has 2 aromatic carbocycles. The number of rotatable bonds is 7. The van der Waals surface area contributed by atoms with E-state index in [1.807, 2.05) is 18.2 Å². The highest BCUT2D eigenvalue weighted by atomic mass is 35.5. The first-order valence-electron chi connectivity index (χ1n) is 9.70. The maximum Gasteiger partial charge on any atom is 0.238 e. The summed E-state index contributed by atoms with van der Waals surface area (Å²) in [5.41, 5.74) is 3.19. The third-order valence-corrected chi connectivity index (χ3v) is 5.45. The van der Waals surface area contributed by atoms with Crippen LogP contribution in [-0.4, -0.2) is 62.7 Å². The zero-order valence-corrected chi connectivity index (χ0v) is 18.0. The first-order chi connectivity index (χ1) is 14.0. The molecule has 0 spiro atoms. The van der Waals surface area contributed by atoms with E-state index in [1.54, 1.807) is 26.4 Å². The molecule has 0 aliphatic carbocycles. The van der Waals surface area contributed by atoms with Gasteiger partial charge in [0.15, 0.2) is 11.5 Å². The average Bonchev–Trinajstić information content (AvgIpc) is 2.72. The van der Waals surface area contributed by atoms with Crippen LogP contribution < -0.4 is 14.8 Å². The number of nitrogens with one attached hydrogen (secondary N) is 1. The van der Waals surface area contributed by atoms with Gasteiger partial charge >= 0.3 is 0 Å². The fourth-order valence-corrected chi connectivity index (χ4v) is 3.60. The van der Waals surface area contributed by atoms with Crippen molar-refractivity contribution in [1.82, 2.24) is 9.80 Å². The van der Waals surface area contributed by atoms with E-state index < -0.39 is 0 Å². The van der Waals surface area contributed by atoms with E-state index in [9.17, 15) is 4.79 Å².